The highest BCUT2D eigenvalue weighted by atomic mass is 32.1. The molecule has 0 atom stereocenters. The van der Waals surface area contributed by atoms with E-state index in [2.05, 4.69) is 10.6 Å². The van der Waals surface area contributed by atoms with E-state index >= 15 is 0 Å². The number of carbonyl (C=O) groups is 2. The van der Waals surface area contributed by atoms with Gasteiger partial charge in [0.05, 0.1) is 5.41 Å². The van der Waals surface area contributed by atoms with Crippen LogP contribution in [0.3, 0.4) is 0 Å². The molecule has 5 nitrogen and oxygen atoms in total. The third-order valence-corrected chi connectivity index (χ3v) is 7.39. The van der Waals surface area contributed by atoms with Crippen molar-refractivity contribution in [2.45, 2.75) is 52.4 Å². The second-order valence-electron chi connectivity index (χ2n) is 9.16. The Hall–Kier alpha value is -1.95. The van der Waals surface area contributed by atoms with Gasteiger partial charge in [-0.25, -0.2) is 0 Å². The van der Waals surface area contributed by atoms with Crippen LogP contribution in [0.15, 0.2) is 24.3 Å². The van der Waals surface area contributed by atoms with Crippen LogP contribution in [-0.4, -0.2) is 34.9 Å². The molecule has 0 radical (unpaired) electrons. The molecule has 0 aromatic heterocycles. The van der Waals surface area contributed by atoms with Gasteiger partial charge in [-0.05, 0) is 107 Å². The zero-order valence-corrected chi connectivity index (χ0v) is 18.2. The van der Waals surface area contributed by atoms with E-state index in [0.29, 0.717) is 23.8 Å². The molecule has 4 fully saturated rings. The van der Waals surface area contributed by atoms with E-state index in [-0.39, 0.29) is 17.2 Å². The fourth-order valence-electron chi connectivity index (χ4n) is 6.18. The molecule has 0 spiro atoms. The van der Waals surface area contributed by atoms with E-state index in [4.69, 9.17) is 12.2 Å². The third-order valence-electron chi connectivity index (χ3n) is 7.19. The maximum absolute atomic E-state index is 13.1. The number of anilines is 1. The summed E-state index contributed by atoms with van der Waals surface area (Å²) in [6, 6.07) is 7.26. The predicted octanol–water partition coefficient (Wildman–Crippen LogP) is 4.20. The summed E-state index contributed by atoms with van der Waals surface area (Å²) in [5.41, 5.74) is 1.22. The lowest BCUT2D eigenvalue weighted by Gasteiger charge is -2.55. The molecule has 5 rings (SSSR count). The summed E-state index contributed by atoms with van der Waals surface area (Å²) in [6.45, 7) is 5.33. The summed E-state index contributed by atoms with van der Waals surface area (Å²) >= 11 is 5.41. The van der Waals surface area contributed by atoms with Crippen molar-refractivity contribution in [1.82, 2.24) is 10.2 Å². The second kappa shape index (κ2) is 8.05. The Morgan fingerprint density at radius 1 is 1.00 bits per heavy atom. The number of nitrogens with one attached hydrogen (secondary N) is 2. The van der Waals surface area contributed by atoms with Gasteiger partial charge >= 0.3 is 0 Å². The van der Waals surface area contributed by atoms with Crippen molar-refractivity contribution in [3.63, 3.8) is 0 Å². The largest absolute Gasteiger partial charge is 0.339 e. The molecule has 156 valence electrons. The molecule has 2 N–H and O–H groups in total. The van der Waals surface area contributed by atoms with Gasteiger partial charge in [0.15, 0.2) is 5.11 Å². The van der Waals surface area contributed by atoms with Crippen LogP contribution in [0, 0.1) is 23.2 Å². The van der Waals surface area contributed by atoms with Crippen molar-refractivity contribution in [2.24, 2.45) is 23.2 Å². The van der Waals surface area contributed by atoms with Crippen molar-refractivity contribution in [1.29, 1.82) is 0 Å². The minimum Gasteiger partial charge on any atom is -0.339 e. The molecular formula is C23H31N3O2S. The maximum atomic E-state index is 13.1. The highest BCUT2D eigenvalue weighted by molar-refractivity contribution is 7.80. The fraction of sp³-hybridized carbons (Fsp3) is 0.609. The summed E-state index contributed by atoms with van der Waals surface area (Å²) in [6.07, 6.45) is 7.01. The van der Waals surface area contributed by atoms with E-state index in [9.17, 15) is 9.59 Å². The van der Waals surface area contributed by atoms with E-state index in [0.717, 1.165) is 42.7 Å². The smallest absolute Gasteiger partial charge is 0.253 e. The van der Waals surface area contributed by atoms with Crippen LogP contribution in [0.5, 0.6) is 0 Å². The lowest BCUT2D eigenvalue weighted by atomic mass is 9.49. The molecule has 2 amide bonds. The number of benzene rings is 1. The Morgan fingerprint density at radius 2 is 1.52 bits per heavy atom. The van der Waals surface area contributed by atoms with Gasteiger partial charge in [0, 0.05) is 24.3 Å². The standard InChI is InChI=1S/C23H31N3O2S/c1-3-26(4-2)20(27)18-5-7-19(8-6-18)24-22(29)25-21(28)23-12-15-9-16(13-23)11-17(10-15)14-23/h5-8,15-17H,3-4,9-14H2,1-2H3,(H2,24,25,28,29). The molecule has 4 bridgehead atoms. The van der Waals surface area contributed by atoms with Crippen LogP contribution in [0.4, 0.5) is 5.69 Å². The lowest BCUT2D eigenvalue weighted by Crippen LogP contribution is -2.55. The minimum atomic E-state index is -0.208. The second-order valence-corrected chi connectivity index (χ2v) is 9.57. The number of carbonyl (C=O) groups excluding carboxylic acids is 2. The predicted molar refractivity (Wildman–Crippen MR) is 119 cm³/mol. The summed E-state index contributed by atoms with van der Waals surface area (Å²) in [4.78, 5) is 27.3. The number of rotatable bonds is 5. The van der Waals surface area contributed by atoms with Gasteiger partial charge in [0.1, 0.15) is 0 Å². The molecular weight excluding hydrogens is 382 g/mol. The quantitative estimate of drug-likeness (QED) is 0.711. The van der Waals surface area contributed by atoms with Gasteiger partial charge in [-0.15, -0.1) is 0 Å². The number of nitrogens with zero attached hydrogens (tertiary/aromatic N) is 1. The van der Waals surface area contributed by atoms with E-state index in [1.54, 1.807) is 17.0 Å². The van der Waals surface area contributed by atoms with Crippen molar-refractivity contribution < 1.29 is 9.59 Å². The van der Waals surface area contributed by atoms with E-state index < -0.39 is 0 Å². The van der Waals surface area contributed by atoms with E-state index in [1.807, 2.05) is 26.0 Å². The number of hydrogen-bond acceptors (Lipinski definition) is 3. The average Bonchev–Trinajstić information content (AvgIpc) is 2.68. The zero-order chi connectivity index (χ0) is 20.6. The monoisotopic (exact) mass is 413 g/mol. The Balaban J connectivity index is 1.35. The maximum Gasteiger partial charge on any atom is 0.253 e. The van der Waals surface area contributed by atoms with Crippen LogP contribution in [-0.2, 0) is 4.79 Å². The molecule has 4 saturated carbocycles. The number of hydrogen-bond donors (Lipinski definition) is 2. The van der Waals surface area contributed by atoms with E-state index in [1.165, 1.54) is 19.3 Å². The first-order valence-electron chi connectivity index (χ1n) is 10.9. The Morgan fingerprint density at radius 3 is 2.00 bits per heavy atom. The molecule has 0 saturated heterocycles. The molecule has 1 aromatic carbocycles. The van der Waals surface area contributed by atoms with Gasteiger partial charge in [-0.2, -0.15) is 0 Å². The first kappa shape index (κ1) is 20.3. The van der Waals surface area contributed by atoms with Crippen LogP contribution in [0.2, 0.25) is 0 Å². The summed E-state index contributed by atoms with van der Waals surface area (Å²) in [7, 11) is 0. The Kier molecular flexibility index (Phi) is 5.65. The molecule has 0 heterocycles. The molecule has 29 heavy (non-hydrogen) atoms. The first-order valence-corrected chi connectivity index (χ1v) is 11.3. The van der Waals surface area contributed by atoms with Crippen molar-refractivity contribution in [3.8, 4) is 0 Å². The molecule has 0 unspecified atom stereocenters. The highest BCUT2D eigenvalue weighted by Gasteiger charge is 2.54. The zero-order valence-electron chi connectivity index (χ0n) is 17.4. The average molecular weight is 414 g/mol. The summed E-state index contributed by atoms with van der Waals surface area (Å²) in [5, 5.41) is 6.41. The molecule has 4 aliphatic rings. The lowest BCUT2D eigenvalue weighted by molar-refractivity contribution is -0.144. The van der Waals surface area contributed by atoms with Crippen LogP contribution >= 0.6 is 12.2 Å². The topological polar surface area (TPSA) is 61.4 Å². The molecule has 4 aliphatic carbocycles. The minimum absolute atomic E-state index is 0.0271. The summed E-state index contributed by atoms with van der Waals surface area (Å²) in [5.74, 6) is 2.31. The van der Waals surface area contributed by atoms with Crippen molar-refractivity contribution in [2.75, 3.05) is 18.4 Å². The van der Waals surface area contributed by atoms with Crippen LogP contribution in [0.25, 0.3) is 0 Å². The van der Waals surface area contributed by atoms with Crippen molar-refractivity contribution >= 4 is 34.8 Å². The van der Waals surface area contributed by atoms with Gasteiger partial charge in [-0.3, -0.25) is 9.59 Å². The number of amides is 2. The van der Waals surface area contributed by atoms with Gasteiger partial charge in [0.25, 0.3) is 5.91 Å². The Labute approximate surface area is 178 Å². The first-order chi connectivity index (χ1) is 13.9. The highest BCUT2D eigenvalue weighted by Crippen LogP contribution is 2.60. The molecule has 0 aliphatic heterocycles. The van der Waals surface area contributed by atoms with Gasteiger partial charge < -0.3 is 15.5 Å². The van der Waals surface area contributed by atoms with Crippen molar-refractivity contribution in [3.05, 3.63) is 29.8 Å². The van der Waals surface area contributed by atoms with Crippen LogP contribution in [0.1, 0.15) is 62.7 Å². The molecule has 1 aromatic rings. The number of thiocarbonyl (C=S) groups is 1. The molecule has 6 heteroatoms. The summed E-state index contributed by atoms with van der Waals surface area (Å²) < 4.78 is 0. The van der Waals surface area contributed by atoms with Gasteiger partial charge in [0.2, 0.25) is 5.91 Å². The normalized spacial score (nSPS) is 29.4. The fourth-order valence-corrected chi connectivity index (χ4v) is 6.39. The SMILES string of the molecule is CCN(CC)C(=O)c1ccc(NC(=S)NC(=O)C23CC4CC(CC(C4)C2)C3)cc1. The Bertz CT molecular complexity index is 766. The van der Waals surface area contributed by atoms with Gasteiger partial charge in [-0.1, -0.05) is 0 Å². The van der Waals surface area contributed by atoms with Crippen LogP contribution < -0.4 is 10.6 Å². The third kappa shape index (κ3) is 4.04.